The van der Waals surface area contributed by atoms with Crippen molar-refractivity contribution in [1.29, 1.82) is 0 Å². The summed E-state index contributed by atoms with van der Waals surface area (Å²) < 4.78 is 8.19. The Kier molecular flexibility index (Phi) is 8.55. The van der Waals surface area contributed by atoms with Gasteiger partial charge in [-0.2, -0.15) is 0 Å². The first-order chi connectivity index (χ1) is 18.2. The maximum atomic E-state index is 13.2. The molecule has 0 saturated carbocycles. The van der Waals surface area contributed by atoms with Gasteiger partial charge in [0.2, 0.25) is 0 Å². The SMILES string of the molecule is Cc1c(C)n(Cc2cccc(OC(C)CNO)c2)c2ccc(C(=O)NC(C)c3cccc(C(C)C)c3)cc12. The van der Waals surface area contributed by atoms with Crippen molar-refractivity contribution in [3.05, 3.63) is 100 Å². The number of hydrogen-bond donors (Lipinski definition) is 3. The van der Waals surface area contributed by atoms with Gasteiger partial charge in [0.25, 0.3) is 5.91 Å². The maximum Gasteiger partial charge on any atom is 0.251 e. The van der Waals surface area contributed by atoms with Crippen LogP contribution in [0.5, 0.6) is 5.75 Å². The molecule has 0 saturated heterocycles. The number of fused-ring (bicyclic) bond motifs is 1. The topological polar surface area (TPSA) is 75.5 Å². The van der Waals surface area contributed by atoms with Crippen LogP contribution in [0.1, 0.15) is 78.0 Å². The number of rotatable bonds is 10. The molecule has 6 nitrogen and oxygen atoms in total. The zero-order valence-corrected chi connectivity index (χ0v) is 23.2. The van der Waals surface area contributed by atoms with Crippen LogP contribution in [-0.4, -0.2) is 28.3 Å². The molecule has 38 heavy (non-hydrogen) atoms. The van der Waals surface area contributed by atoms with Crippen LogP contribution in [0, 0.1) is 13.8 Å². The Labute approximate surface area is 225 Å². The molecule has 2 unspecified atom stereocenters. The molecule has 3 N–H and O–H groups in total. The molecule has 0 aliphatic carbocycles. The van der Waals surface area contributed by atoms with E-state index in [0.29, 0.717) is 24.6 Å². The highest BCUT2D eigenvalue weighted by Gasteiger charge is 2.17. The minimum atomic E-state index is -0.155. The van der Waals surface area contributed by atoms with E-state index in [1.165, 1.54) is 16.8 Å². The molecule has 3 aromatic carbocycles. The zero-order chi connectivity index (χ0) is 27.4. The van der Waals surface area contributed by atoms with Crippen molar-refractivity contribution in [2.24, 2.45) is 0 Å². The Hall–Kier alpha value is -3.61. The number of aromatic nitrogens is 1. The predicted octanol–water partition coefficient (Wildman–Crippen LogP) is 6.67. The highest BCUT2D eigenvalue weighted by molar-refractivity contribution is 5.99. The summed E-state index contributed by atoms with van der Waals surface area (Å²) in [5.41, 5.74) is 9.74. The third-order valence-electron chi connectivity index (χ3n) is 7.28. The fraction of sp³-hybridized carbons (Fsp3) is 0.344. The van der Waals surface area contributed by atoms with Crippen LogP contribution < -0.4 is 15.5 Å². The van der Waals surface area contributed by atoms with Gasteiger partial charge in [0.15, 0.2) is 0 Å². The van der Waals surface area contributed by atoms with E-state index in [1.807, 2.05) is 50.2 Å². The van der Waals surface area contributed by atoms with E-state index < -0.39 is 0 Å². The van der Waals surface area contributed by atoms with Crippen LogP contribution in [0.2, 0.25) is 0 Å². The second-order valence-electron chi connectivity index (χ2n) is 10.5. The summed E-state index contributed by atoms with van der Waals surface area (Å²) in [4.78, 5) is 13.2. The number of ether oxygens (including phenoxy) is 1. The van der Waals surface area contributed by atoms with Crippen molar-refractivity contribution in [2.45, 2.75) is 66.2 Å². The monoisotopic (exact) mass is 513 g/mol. The molecule has 0 bridgehead atoms. The molecule has 6 heteroatoms. The smallest absolute Gasteiger partial charge is 0.251 e. The summed E-state index contributed by atoms with van der Waals surface area (Å²) in [5, 5.41) is 13.2. The lowest BCUT2D eigenvalue weighted by Crippen LogP contribution is -2.26. The molecule has 0 radical (unpaired) electrons. The van der Waals surface area contributed by atoms with E-state index in [1.54, 1.807) is 0 Å². The minimum absolute atomic E-state index is 0.0736. The van der Waals surface area contributed by atoms with Gasteiger partial charge in [-0.1, -0.05) is 50.2 Å². The van der Waals surface area contributed by atoms with E-state index in [9.17, 15) is 4.79 Å². The number of nitrogens with one attached hydrogen (secondary N) is 2. The summed E-state index contributed by atoms with van der Waals surface area (Å²) in [6.07, 6.45) is -0.155. The highest BCUT2D eigenvalue weighted by atomic mass is 16.5. The number of aryl methyl sites for hydroxylation is 1. The third kappa shape index (κ3) is 6.09. The minimum Gasteiger partial charge on any atom is -0.489 e. The molecular weight excluding hydrogens is 474 g/mol. The van der Waals surface area contributed by atoms with Crippen molar-refractivity contribution in [3.8, 4) is 5.75 Å². The molecule has 4 rings (SSSR count). The van der Waals surface area contributed by atoms with Crippen LogP contribution in [0.25, 0.3) is 10.9 Å². The molecular formula is C32H39N3O3. The van der Waals surface area contributed by atoms with Crippen LogP contribution >= 0.6 is 0 Å². The van der Waals surface area contributed by atoms with Crippen molar-refractivity contribution in [2.75, 3.05) is 6.54 Å². The van der Waals surface area contributed by atoms with E-state index in [-0.39, 0.29) is 18.1 Å². The quantitative estimate of drug-likeness (QED) is 0.207. The van der Waals surface area contributed by atoms with Gasteiger partial charge in [-0.15, -0.1) is 0 Å². The Bertz CT molecular complexity index is 1420. The van der Waals surface area contributed by atoms with E-state index in [0.717, 1.165) is 27.8 Å². The number of benzene rings is 3. The van der Waals surface area contributed by atoms with Gasteiger partial charge in [-0.05, 0) is 86.2 Å². The van der Waals surface area contributed by atoms with Gasteiger partial charge in [-0.25, -0.2) is 5.48 Å². The van der Waals surface area contributed by atoms with Crippen molar-refractivity contribution in [1.82, 2.24) is 15.4 Å². The number of hydrogen-bond acceptors (Lipinski definition) is 4. The first-order valence-corrected chi connectivity index (χ1v) is 13.3. The lowest BCUT2D eigenvalue weighted by Gasteiger charge is -2.17. The second kappa shape index (κ2) is 11.8. The van der Waals surface area contributed by atoms with E-state index in [4.69, 9.17) is 9.94 Å². The number of carbonyl (C=O) groups is 1. The summed E-state index contributed by atoms with van der Waals surface area (Å²) in [7, 11) is 0. The number of nitrogens with zero attached hydrogens (tertiary/aromatic N) is 1. The number of amides is 1. The molecule has 0 aliphatic rings. The normalized spacial score (nSPS) is 13.1. The lowest BCUT2D eigenvalue weighted by atomic mass is 9.98. The molecule has 4 aromatic rings. The summed E-state index contributed by atoms with van der Waals surface area (Å²) in [6.45, 7) is 13.6. The maximum absolute atomic E-state index is 13.2. The van der Waals surface area contributed by atoms with Gasteiger partial charge < -0.3 is 19.8 Å². The predicted molar refractivity (Wildman–Crippen MR) is 153 cm³/mol. The molecule has 200 valence electrons. The Morgan fingerprint density at radius 3 is 2.42 bits per heavy atom. The summed E-state index contributed by atoms with van der Waals surface area (Å²) in [6, 6.07) is 22.3. The Balaban J connectivity index is 1.55. The fourth-order valence-corrected chi connectivity index (χ4v) is 4.85. The summed E-state index contributed by atoms with van der Waals surface area (Å²) in [5.74, 6) is 1.14. The van der Waals surface area contributed by atoms with Crippen LogP contribution in [0.4, 0.5) is 0 Å². The molecule has 1 heterocycles. The highest BCUT2D eigenvalue weighted by Crippen LogP contribution is 2.28. The molecule has 0 spiro atoms. The third-order valence-corrected chi connectivity index (χ3v) is 7.28. The van der Waals surface area contributed by atoms with E-state index >= 15 is 0 Å². The van der Waals surface area contributed by atoms with Gasteiger partial charge in [0.05, 0.1) is 12.6 Å². The van der Waals surface area contributed by atoms with Crippen molar-refractivity contribution >= 4 is 16.8 Å². The van der Waals surface area contributed by atoms with Crippen LogP contribution in [0.3, 0.4) is 0 Å². The van der Waals surface area contributed by atoms with Crippen LogP contribution in [0.15, 0.2) is 66.7 Å². The molecule has 0 fully saturated rings. The van der Waals surface area contributed by atoms with Crippen molar-refractivity contribution < 1.29 is 14.7 Å². The van der Waals surface area contributed by atoms with Crippen molar-refractivity contribution in [3.63, 3.8) is 0 Å². The lowest BCUT2D eigenvalue weighted by molar-refractivity contribution is 0.0940. The molecule has 1 amide bonds. The largest absolute Gasteiger partial charge is 0.489 e. The number of carbonyl (C=O) groups excluding carboxylic acids is 1. The summed E-state index contributed by atoms with van der Waals surface area (Å²) >= 11 is 0. The zero-order valence-electron chi connectivity index (χ0n) is 23.2. The van der Waals surface area contributed by atoms with Gasteiger partial charge in [0.1, 0.15) is 11.9 Å². The van der Waals surface area contributed by atoms with E-state index in [2.05, 4.69) is 73.4 Å². The molecule has 2 atom stereocenters. The van der Waals surface area contributed by atoms with Gasteiger partial charge >= 0.3 is 0 Å². The first kappa shape index (κ1) is 27.4. The van der Waals surface area contributed by atoms with Crippen LogP contribution in [-0.2, 0) is 6.54 Å². The average Bonchev–Trinajstić information content (AvgIpc) is 3.13. The van der Waals surface area contributed by atoms with Gasteiger partial charge in [-0.3, -0.25) is 4.79 Å². The molecule has 0 aliphatic heterocycles. The Morgan fingerprint density at radius 1 is 0.947 bits per heavy atom. The number of hydroxylamine groups is 1. The standard InChI is InChI=1S/C32H39N3O3/c1-20(2)26-10-8-11-27(16-26)23(5)34-32(36)28-13-14-31-30(17-28)22(4)24(6)35(31)19-25-9-7-12-29(15-25)38-21(3)18-33-37/h7-17,20-21,23,33,37H,18-19H2,1-6H3,(H,34,36). The molecule has 1 aromatic heterocycles. The fourth-order valence-electron chi connectivity index (χ4n) is 4.85. The second-order valence-corrected chi connectivity index (χ2v) is 10.5. The van der Waals surface area contributed by atoms with Gasteiger partial charge in [0, 0.05) is 28.7 Å². The first-order valence-electron chi connectivity index (χ1n) is 13.3. The Morgan fingerprint density at radius 2 is 1.68 bits per heavy atom. The average molecular weight is 514 g/mol.